The molecule has 0 spiro atoms. The Morgan fingerprint density at radius 2 is 2.00 bits per heavy atom. The molecular formula is C14H19FN2O3. The summed E-state index contributed by atoms with van der Waals surface area (Å²) in [4.78, 5) is 24.1. The van der Waals surface area contributed by atoms with E-state index in [1.54, 1.807) is 32.0 Å². The van der Waals surface area contributed by atoms with Crippen molar-refractivity contribution < 1.29 is 19.1 Å². The summed E-state index contributed by atoms with van der Waals surface area (Å²) < 4.78 is 13.7. The van der Waals surface area contributed by atoms with Crippen LogP contribution in [0.1, 0.15) is 31.9 Å². The molecular weight excluding hydrogens is 263 g/mol. The van der Waals surface area contributed by atoms with Gasteiger partial charge in [-0.15, -0.1) is 0 Å². The van der Waals surface area contributed by atoms with Gasteiger partial charge in [0.05, 0.1) is 6.04 Å². The van der Waals surface area contributed by atoms with Gasteiger partial charge in [0.1, 0.15) is 11.9 Å². The molecule has 2 atom stereocenters. The van der Waals surface area contributed by atoms with E-state index < -0.39 is 29.9 Å². The molecule has 6 heteroatoms. The molecule has 0 aliphatic rings. The van der Waals surface area contributed by atoms with Gasteiger partial charge in [0.25, 0.3) is 0 Å². The molecule has 0 aliphatic carbocycles. The fourth-order valence-corrected chi connectivity index (χ4v) is 1.79. The summed E-state index contributed by atoms with van der Waals surface area (Å²) in [5.41, 5.74) is 0.383. The number of carbonyl (C=O) groups is 2. The van der Waals surface area contributed by atoms with Gasteiger partial charge >= 0.3 is 12.0 Å². The molecule has 5 nitrogen and oxygen atoms in total. The van der Waals surface area contributed by atoms with E-state index in [-0.39, 0.29) is 6.42 Å². The highest BCUT2D eigenvalue weighted by Crippen LogP contribution is 2.21. The standard InChI is InChI=1S/C14H19FN2O3/c1-4-12(13(18)19)16-14(20)17(3)9(2)10-7-5-6-8-11(10)15/h5-9,12H,4H2,1-3H3,(H,16,20)(H,18,19)/t9?,12-/m1/s1. The van der Waals surface area contributed by atoms with Crippen LogP contribution in [0, 0.1) is 5.82 Å². The summed E-state index contributed by atoms with van der Waals surface area (Å²) in [6, 6.07) is 4.19. The van der Waals surface area contributed by atoms with E-state index in [9.17, 15) is 14.0 Å². The van der Waals surface area contributed by atoms with Crippen LogP contribution in [0.25, 0.3) is 0 Å². The second-order valence-corrected chi connectivity index (χ2v) is 4.56. The van der Waals surface area contributed by atoms with Gasteiger partial charge in [-0.3, -0.25) is 0 Å². The average molecular weight is 282 g/mol. The number of carboxylic acids is 1. The van der Waals surface area contributed by atoms with Crippen molar-refractivity contribution in [1.29, 1.82) is 0 Å². The first-order valence-corrected chi connectivity index (χ1v) is 6.39. The van der Waals surface area contributed by atoms with E-state index >= 15 is 0 Å². The zero-order valence-electron chi connectivity index (χ0n) is 11.8. The quantitative estimate of drug-likeness (QED) is 0.871. The second kappa shape index (κ2) is 6.88. The number of carbonyl (C=O) groups excluding carboxylic acids is 1. The Balaban J connectivity index is 2.79. The molecule has 1 unspecified atom stereocenters. The molecule has 0 heterocycles. The summed E-state index contributed by atoms with van der Waals surface area (Å²) in [6.45, 7) is 3.35. The molecule has 2 amide bonds. The van der Waals surface area contributed by atoms with Crippen LogP contribution in [0.3, 0.4) is 0 Å². The Kier molecular flexibility index (Phi) is 5.49. The lowest BCUT2D eigenvalue weighted by atomic mass is 10.1. The lowest BCUT2D eigenvalue weighted by Gasteiger charge is -2.27. The van der Waals surface area contributed by atoms with Crippen molar-refractivity contribution in [3.05, 3.63) is 35.6 Å². The fourth-order valence-electron chi connectivity index (χ4n) is 1.79. The molecule has 1 aromatic carbocycles. The fraction of sp³-hybridized carbons (Fsp3) is 0.429. The van der Waals surface area contributed by atoms with E-state index in [1.165, 1.54) is 18.0 Å². The number of benzene rings is 1. The highest BCUT2D eigenvalue weighted by atomic mass is 19.1. The van der Waals surface area contributed by atoms with Crippen LogP contribution >= 0.6 is 0 Å². The molecule has 0 saturated heterocycles. The van der Waals surface area contributed by atoms with Crippen molar-refractivity contribution in [2.75, 3.05) is 7.05 Å². The Morgan fingerprint density at radius 1 is 1.40 bits per heavy atom. The van der Waals surface area contributed by atoms with Crippen LogP contribution in [-0.2, 0) is 4.79 Å². The number of nitrogens with zero attached hydrogens (tertiary/aromatic N) is 1. The lowest BCUT2D eigenvalue weighted by Crippen LogP contribution is -2.47. The molecule has 0 bridgehead atoms. The largest absolute Gasteiger partial charge is 0.480 e. The van der Waals surface area contributed by atoms with Crippen molar-refractivity contribution in [1.82, 2.24) is 10.2 Å². The number of rotatable bonds is 5. The molecule has 0 radical (unpaired) electrons. The van der Waals surface area contributed by atoms with Crippen LogP contribution in [0.2, 0.25) is 0 Å². The SMILES string of the molecule is CC[C@@H](NC(=O)N(C)C(C)c1ccccc1F)C(=O)O. The monoisotopic (exact) mass is 282 g/mol. The Hall–Kier alpha value is -2.11. The van der Waals surface area contributed by atoms with Crippen LogP contribution in [-0.4, -0.2) is 35.1 Å². The van der Waals surface area contributed by atoms with Gasteiger partial charge in [-0.05, 0) is 19.4 Å². The molecule has 0 saturated carbocycles. The first kappa shape index (κ1) is 15.9. The predicted octanol–water partition coefficient (Wildman–Crippen LogP) is 2.39. The zero-order chi connectivity index (χ0) is 15.3. The van der Waals surface area contributed by atoms with Gasteiger partial charge in [-0.25, -0.2) is 14.0 Å². The maximum Gasteiger partial charge on any atom is 0.326 e. The van der Waals surface area contributed by atoms with Gasteiger partial charge in [0.15, 0.2) is 0 Å². The van der Waals surface area contributed by atoms with Gasteiger partial charge < -0.3 is 15.3 Å². The minimum Gasteiger partial charge on any atom is -0.480 e. The number of hydrogen-bond donors (Lipinski definition) is 2. The third kappa shape index (κ3) is 3.69. The first-order chi connectivity index (χ1) is 9.38. The number of urea groups is 1. The predicted molar refractivity (Wildman–Crippen MR) is 72.8 cm³/mol. The van der Waals surface area contributed by atoms with Crippen molar-refractivity contribution in [3.63, 3.8) is 0 Å². The topological polar surface area (TPSA) is 69.6 Å². The maximum atomic E-state index is 13.7. The molecule has 110 valence electrons. The number of nitrogens with one attached hydrogen (secondary N) is 1. The molecule has 20 heavy (non-hydrogen) atoms. The number of amides is 2. The lowest BCUT2D eigenvalue weighted by molar-refractivity contribution is -0.139. The van der Waals surface area contributed by atoms with Crippen LogP contribution in [0.5, 0.6) is 0 Å². The summed E-state index contributed by atoms with van der Waals surface area (Å²) in [7, 11) is 1.50. The van der Waals surface area contributed by atoms with Crippen molar-refractivity contribution in [3.8, 4) is 0 Å². The van der Waals surface area contributed by atoms with Gasteiger partial charge in [-0.2, -0.15) is 0 Å². The summed E-state index contributed by atoms with van der Waals surface area (Å²) in [6.07, 6.45) is 0.281. The third-order valence-electron chi connectivity index (χ3n) is 3.26. The molecule has 1 aromatic rings. The third-order valence-corrected chi connectivity index (χ3v) is 3.26. The summed E-state index contributed by atoms with van der Waals surface area (Å²) in [5, 5.41) is 11.3. The minimum absolute atomic E-state index is 0.281. The molecule has 0 aliphatic heterocycles. The average Bonchev–Trinajstić information content (AvgIpc) is 2.43. The van der Waals surface area contributed by atoms with E-state index in [4.69, 9.17) is 5.11 Å². The molecule has 0 fully saturated rings. The Bertz CT molecular complexity index is 493. The molecule has 2 N–H and O–H groups in total. The smallest absolute Gasteiger partial charge is 0.326 e. The van der Waals surface area contributed by atoms with Gasteiger partial charge in [-0.1, -0.05) is 25.1 Å². The summed E-state index contributed by atoms with van der Waals surface area (Å²) >= 11 is 0. The number of carboxylic acid groups (broad SMARTS) is 1. The van der Waals surface area contributed by atoms with Crippen molar-refractivity contribution in [2.45, 2.75) is 32.4 Å². The zero-order valence-corrected chi connectivity index (χ0v) is 11.8. The van der Waals surface area contributed by atoms with E-state index in [0.717, 1.165) is 0 Å². The maximum absolute atomic E-state index is 13.7. The highest BCUT2D eigenvalue weighted by Gasteiger charge is 2.24. The number of halogens is 1. The van der Waals surface area contributed by atoms with Crippen LogP contribution in [0.4, 0.5) is 9.18 Å². The second-order valence-electron chi connectivity index (χ2n) is 4.56. The number of aliphatic carboxylic acids is 1. The molecule has 1 rings (SSSR count). The minimum atomic E-state index is -1.09. The van der Waals surface area contributed by atoms with Crippen molar-refractivity contribution >= 4 is 12.0 Å². The highest BCUT2D eigenvalue weighted by molar-refractivity contribution is 5.82. The van der Waals surface area contributed by atoms with Crippen molar-refractivity contribution in [2.24, 2.45) is 0 Å². The van der Waals surface area contributed by atoms with E-state index in [1.807, 2.05) is 0 Å². The first-order valence-electron chi connectivity index (χ1n) is 6.39. The van der Waals surface area contributed by atoms with E-state index in [2.05, 4.69) is 5.32 Å². The van der Waals surface area contributed by atoms with Gasteiger partial charge in [0, 0.05) is 12.6 Å². The number of hydrogen-bond acceptors (Lipinski definition) is 2. The van der Waals surface area contributed by atoms with Gasteiger partial charge in [0.2, 0.25) is 0 Å². The van der Waals surface area contributed by atoms with E-state index in [0.29, 0.717) is 5.56 Å². The van der Waals surface area contributed by atoms with Crippen LogP contribution < -0.4 is 5.32 Å². The molecule has 0 aromatic heterocycles. The normalized spacial score (nSPS) is 13.4. The summed E-state index contributed by atoms with van der Waals surface area (Å²) in [5.74, 6) is -1.49. The Labute approximate surface area is 117 Å². The van der Waals surface area contributed by atoms with Crippen LogP contribution in [0.15, 0.2) is 24.3 Å². The Morgan fingerprint density at radius 3 is 2.50 bits per heavy atom.